The van der Waals surface area contributed by atoms with E-state index in [4.69, 9.17) is 4.74 Å². The van der Waals surface area contributed by atoms with Crippen molar-refractivity contribution >= 4 is 5.97 Å². The summed E-state index contributed by atoms with van der Waals surface area (Å²) in [6.07, 6.45) is 28.1. The number of carbonyl (C=O) groups excluding carboxylic acids is 1. The Morgan fingerprint density at radius 3 is 1.65 bits per heavy atom. The molecule has 0 aromatic rings. The second kappa shape index (κ2) is 16.9. The first-order valence-electron chi connectivity index (χ1n) is 10.3. The highest BCUT2D eigenvalue weighted by Gasteiger charge is 2.15. The Kier molecular flexibility index (Phi) is 15.9. The fourth-order valence-electron chi connectivity index (χ4n) is 2.32. The van der Waals surface area contributed by atoms with Gasteiger partial charge < -0.3 is 4.74 Å². The number of esters is 1. The van der Waals surface area contributed by atoms with Gasteiger partial charge >= 0.3 is 5.97 Å². The van der Waals surface area contributed by atoms with E-state index in [1.807, 2.05) is 20.8 Å². The molecule has 0 aliphatic heterocycles. The highest BCUT2D eigenvalue weighted by molar-refractivity contribution is 5.69. The summed E-state index contributed by atoms with van der Waals surface area (Å²) in [7, 11) is 0. The molecule has 0 unspecified atom stereocenters. The quantitative estimate of drug-likeness (QED) is 0.182. The van der Waals surface area contributed by atoms with Gasteiger partial charge in [-0.1, -0.05) is 68.4 Å². The fraction of sp³-hybridized carbons (Fsp3) is 0.625. The lowest BCUT2D eigenvalue weighted by molar-refractivity contribution is -0.154. The maximum absolute atomic E-state index is 11.6. The zero-order valence-electron chi connectivity index (χ0n) is 17.5. The summed E-state index contributed by atoms with van der Waals surface area (Å²) < 4.78 is 5.28. The lowest BCUT2D eigenvalue weighted by Crippen LogP contribution is -2.23. The van der Waals surface area contributed by atoms with Gasteiger partial charge in [0.25, 0.3) is 0 Å². The standard InChI is InChI=1S/C24H40O2/c1-5-6-7-8-9-10-11-12-13-14-15-16-17-18-19-20-21-22-23(25)26-24(2,3)4/h9-10,12-13,15-16,18-19H,5-8,11,14,17,20-22H2,1-4H3/b10-9-,13-12-,16-15-,19-18-. The van der Waals surface area contributed by atoms with Crippen LogP contribution in [0, 0.1) is 0 Å². The molecule has 0 bridgehead atoms. The van der Waals surface area contributed by atoms with Crippen LogP contribution in [0.5, 0.6) is 0 Å². The van der Waals surface area contributed by atoms with Gasteiger partial charge in [0.05, 0.1) is 0 Å². The van der Waals surface area contributed by atoms with Crippen LogP contribution in [0.1, 0.15) is 91.9 Å². The number of carbonyl (C=O) groups is 1. The highest BCUT2D eigenvalue weighted by atomic mass is 16.6. The van der Waals surface area contributed by atoms with Crippen molar-refractivity contribution in [1.29, 1.82) is 0 Å². The van der Waals surface area contributed by atoms with E-state index in [0.717, 1.165) is 32.1 Å². The summed E-state index contributed by atoms with van der Waals surface area (Å²) in [4.78, 5) is 11.6. The minimum absolute atomic E-state index is 0.103. The van der Waals surface area contributed by atoms with Gasteiger partial charge in [-0.3, -0.25) is 4.79 Å². The van der Waals surface area contributed by atoms with E-state index in [-0.39, 0.29) is 11.6 Å². The first kappa shape index (κ1) is 24.4. The van der Waals surface area contributed by atoms with Gasteiger partial charge in [-0.15, -0.1) is 0 Å². The van der Waals surface area contributed by atoms with Gasteiger partial charge in [0.15, 0.2) is 0 Å². The molecule has 2 heteroatoms. The Labute approximate surface area is 162 Å². The molecule has 0 aromatic carbocycles. The Bertz CT molecular complexity index is 447. The summed E-state index contributed by atoms with van der Waals surface area (Å²) in [5.41, 5.74) is -0.378. The van der Waals surface area contributed by atoms with E-state index in [1.54, 1.807) is 0 Å². The molecule has 26 heavy (non-hydrogen) atoms. The van der Waals surface area contributed by atoms with Crippen molar-refractivity contribution in [3.05, 3.63) is 48.6 Å². The smallest absolute Gasteiger partial charge is 0.306 e. The third kappa shape index (κ3) is 20.5. The Balaban J connectivity index is 3.53. The topological polar surface area (TPSA) is 26.3 Å². The van der Waals surface area contributed by atoms with Crippen LogP contribution in [0.3, 0.4) is 0 Å². The number of rotatable bonds is 14. The summed E-state index contributed by atoms with van der Waals surface area (Å²) in [6, 6.07) is 0. The highest BCUT2D eigenvalue weighted by Crippen LogP contribution is 2.10. The van der Waals surface area contributed by atoms with E-state index < -0.39 is 0 Å². The minimum Gasteiger partial charge on any atom is -0.460 e. The molecule has 0 aliphatic carbocycles. The molecule has 148 valence electrons. The van der Waals surface area contributed by atoms with Crippen LogP contribution >= 0.6 is 0 Å². The molecule has 0 aliphatic rings. The van der Waals surface area contributed by atoms with Crippen LogP contribution in [0.2, 0.25) is 0 Å². The van der Waals surface area contributed by atoms with Crippen molar-refractivity contribution < 1.29 is 9.53 Å². The van der Waals surface area contributed by atoms with Gasteiger partial charge in [0.2, 0.25) is 0 Å². The first-order chi connectivity index (χ1) is 12.5. The van der Waals surface area contributed by atoms with E-state index in [1.165, 1.54) is 25.7 Å². The number of hydrogen-bond acceptors (Lipinski definition) is 2. The lowest BCUT2D eigenvalue weighted by Gasteiger charge is -2.19. The maximum atomic E-state index is 11.6. The third-order valence-electron chi connectivity index (χ3n) is 3.63. The predicted molar refractivity (Wildman–Crippen MR) is 114 cm³/mol. The number of allylic oxidation sites excluding steroid dienone is 8. The van der Waals surface area contributed by atoms with Crippen LogP contribution in [0.25, 0.3) is 0 Å². The van der Waals surface area contributed by atoms with Crippen molar-refractivity contribution in [2.45, 2.75) is 97.5 Å². The molecule has 0 spiro atoms. The summed E-state index contributed by atoms with van der Waals surface area (Å²) >= 11 is 0. The molecule has 0 amide bonds. The Morgan fingerprint density at radius 1 is 0.731 bits per heavy atom. The predicted octanol–water partition coefficient (Wildman–Crippen LogP) is 7.47. The van der Waals surface area contributed by atoms with Crippen LogP contribution in [-0.2, 0) is 9.53 Å². The van der Waals surface area contributed by atoms with Crippen molar-refractivity contribution in [3.63, 3.8) is 0 Å². The number of unbranched alkanes of at least 4 members (excludes halogenated alkanes) is 4. The van der Waals surface area contributed by atoms with Crippen molar-refractivity contribution in [1.82, 2.24) is 0 Å². The lowest BCUT2D eigenvalue weighted by atomic mass is 10.2. The molecule has 2 nitrogen and oxygen atoms in total. The summed E-state index contributed by atoms with van der Waals surface area (Å²) in [5.74, 6) is -0.103. The maximum Gasteiger partial charge on any atom is 0.306 e. The monoisotopic (exact) mass is 360 g/mol. The average Bonchev–Trinajstić information content (AvgIpc) is 2.56. The van der Waals surface area contributed by atoms with E-state index >= 15 is 0 Å². The molecule has 0 aromatic heterocycles. The van der Waals surface area contributed by atoms with Crippen LogP contribution in [-0.4, -0.2) is 11.6 Å². The second-order valence-corrected chi connectivity index (χ2v) is 7.57. The van der Waals surface area contributed by atoms with Gasteiger partial charge in [-0.2, -0.15) is 0 Å². The zero-order valence-corrected chi connectivity index (χ0v) is 17.5. The van der Waals surface area contributed by atoms with Crippen LogP contribution < -0.4 is 0 Å². The zero-order chi connectivity index (χ0) is 19.5. The van der Waals surface area contributed by atoms with Crippen molar-refractivity contribution in [3.8, 4) is 0 Å². The average molecular weight is 361 g/mol. The van der Waals surface area contributed by atoms with Gasteiger partial charge in [0.1, 0.15) is 5.60 Å². The van der Waals surface area contributed by atoms with Crippen LogP contribution in [0.15, 0.2) is 48.6 Å². The summed E-state index contributed by atoms with van der Waals surface area (Å²) in [5, 5.41) is 0. The summed E-state index contributed by atoms with van der Waals surface area (Å²) in [6.45, 7) is 7.94. The number of hydrogen-bond donors (Lipinski definition) is 0. The van der Waals surface area contributed by atoms with Gasteiger partial charge in [0, 0.05) is 6.42 Å². The number of ether oxygens (including phenoxy) is 1. The normalized spacial score (nSPS) is 12.9. The molecule has 0 fully saturated rings. The van der Waals surface area contributed by atoms with Crippen molar-refractivity contribution in [2.24, 2.45) is 0 Å². The third-order valence-corrected chi connectivity index (χ3v) is 3.63. The molecular weight excluding hydrogens is 320 g/mol. The van der Waals surface area contributed by atoms with E-state index in [2.05, 4.69) is 55.5 Å². The molecule has 0 saturated carbocycles. The van der Waals surface area contributed by atoms with Gasteiger partial charge in [-0.25, -0.2) is 0 Å². The molecule has 0 radical (unpaired) electrons. The van der Waals surface area contributed by atoms with Crippen LogP contribution in [0.4, 0.5) is 0 Å². The Hall–Kier alpha value is -1.57. The minimum atomic E-state index is -0.378. The molecule has 0 N–H and O–H groups in total. The second-order valence-electron chi connectivity index (χ2n) is 7.57. The van der Waals surface area contributed by atoms with Crippen molar-refractivity contribution in [2.75, 3.05) is 0 Å². The Morgan fingerprint density at radius 2 is 1.19 bits per heavy atom. The van der Waals surface area contributed by atoms with E-state index in [0.29, 0.717) is 6.42 Å². The molecule has 0 heterocycles. The van der Waals surface area contributed by atoms with Gasteiger partial charge in [-0.05, 0) is 65.7 Å². The van der Waals surface area contributed by atoms with E-state index in [9.17, 15) is 4.79 Å². The molecule has 0 saturated heterocycles. The SMILES string of the molecule is CCCCC/C=C\C/C=C\C/C=C\C/C=C\CCCC(=O)OC(C)(C)C. The molecule has 0 atom stereocenters. The first-order valence-corrected chi connectivity index (χ1v) is 10.3. The molecule has 0 rings (SSSR count). The fourth-order valence-corrected chi connectivity index (χ4v) is 2.32. The largest absolute Gasteiger partial charge is 0.460 e. The molecular formula is C24H40O2.